The molecule has 3 heteroatoms. The average Bonchev–Trinajstić information content (AvgIpc) is 2.18. The van der Waals surface area contributed by atoms with E-state index in [4.69, 9.17) is 10.00 Å². The summed E-state index contributed by atoms with van der Waals surface area (Å²) in [4.78, 5) is 0. The van der Waals surface area contributed by atoms with Crippen LogP contribution in [0.1, 0.15) is 25.3 Å². The Morgan fingerprint density at radius 2 is 2.29 bits per heavy atom. The van der Waals surface area contributed by atoms with Crippen LogP contribution in [0.25, 0.3) is 0 Å². The molecule has 0 atom stereocenters. The van der Waals surface area contributed by atoms with Crippen molar-refractivity contribution >= 4 is 0 Å². The first-order chi connectivity index (χ1) is 6.77. The highest BCUT2D eigenvalue weighted by atomic mass is 19.1. The largest absolute Gasteiger partial charge is 0.493 e. The summed E-state index contributed by atoms with van der Waals surface area (Å²) in [6.07, 6.45) is 1.99. The highest BCUT2D eigenvalue weighted by Crippen LogP contribution is 2.16. The normalized spacial score (nSPS) is 9.50. The van der Waals surface area contributed by atoms with Gasteiger partial charge in [0.2, 0.25) is 0 Å². The van der Waals surface area contributed by atoms with Crippen molar-refractivity contribution in [2.24, 2.45) is 0 Å². The predicted octanol–water partition coefficient (Wildman–Crippen LogP) is 2.88. The number of nitrogens with zero attached hydrogens (tertiary/aromatic N) is 1. The van der Waals surface area contributed by atoms with Crippen LogP contribution in [-0.4, -0.2) is 6.61 Å². The van der Waals surface area contributed by atoms with E-state index in [-0.39, 0.29) is 5.56 Å². The van der Waals surface area contributed by atoms with Crippen LogP contribution in [0, 0.1) is 17.1 Å². The van der Waals surface area contributed by atoms with Gasteiger partial charge in [0.25, 0.3) is 0 Å². The van der Waals surface area contributed by atoms with E-state index in [1.165, 1.54) is 12.1 Å². The maximum absolute atomic E-state index is 13.1. The molecule has 74 valence electrons. The number of hydrogen-bond donors (Lipinski definition) is 0. The predicted molar refractivity (Wildman–Crippen MR) is 51.5 cm³/mol. The molecular weight excluding hydrogens is 181 g/mol. The van der Waals surface area contributed by atoms with Crippen molar-refractivity contribution in [3.05, 3.63) is 29.6 Å². The fraction of sp³-hybridized carbons (Fsp3) is 0.364. The molecule has 1 rings (SSSR count). The number of benzene rings is 1. The summed E-state index contributed by atoms with van der Waals surface area (Å²) in [6, 6.07) is 6.04. The lowest BCUT2D eigenvalue weighted by Crippen LogP contribution is -1.97. The van der Waals surface area contributed by atoms with Crippen molar-refractivity contribution in [3.63, 3.8) is 0 Å². The summed E-state index contributed by atoms with van der Waals surface area (Å²) in [7, 11) is 0. The number of halogens is 1. The van der Waals surface area contributed by atoms with Crippen LogP contribution >= 0.6 is 0 Å². The molecule has 2 nitrogen and oxygen atoms in total. The minimum Gasteiger partial charge on any atom is -0.493 e. The van der Waals surface area contributed by atoms with E-state index in [2.05, 4.69) is 6.92 Å². The van der Waals surface area contributed by atoms with Crippen molar-refractivity contribution in [3.8, 4) is 11.8 Å². The SMILES string of the molecule is CCCCOc1ccc(C#N)c(F)c1. The number of unbranched alkanes of at least 4 members (excludes halogenated alkanes) is 1. The van der Waals surface area contributed by atoms with Crippen molar-refractivity contribution < 1.29 is 9.13 Å². The van der Waals surface area contributed by atoms with Gasteiger partial charge in [-0.15, -0.1) is 0 Å². The van der Waals surface area contributed by atoms with Gasteiger partial charge in [0.15, 0.2) is 0 Å². The molecule has 0 aliphatic carbocycles. The Morgan fingerprint density at radius 3 is 2.86 bits per heavy atom. The number of ether oxygens (including phenoxy) is 1. The Bertz CT molecular complexity index is 344. The highest BCUT2D eigenvalue weighted by molar-refractivity contribution is 5.36. The molecule has 0 saturated carbocycles. The summed E-state index contributed by atoms with van der Waals surface area (Å²) in [5.74, 6) is -0.0450. The minimum absolute atomic E-state index is 0.0489. The maximum atomic E-state index is 13.1. The second-order valence-electron chi connectivity index (χ2n) is 2.96. The van der Waals surface area contributed by atoms with Crippen LogP contribution in [0.15, 0.2) is 18.2 Å². The number of nitriles is 1. The van der Waals surface area contributed by atoms with Gasteiger partial charge in [0, 0.05) is 6.07 Å². The molecule has 0 fully saturated rings. The van der Waals surface area contributed by atoms with E-state index in [1.807, 2.05) is 0 Å². The van der Waals surface area contributed by atoms with E-state index >= 15 is 0 Å². The number of rotatable bonds is 4. The monoisotopic (exact) mass is 193 g/mol. The summed E-state index contributed by atoms with van der Waals surface area (Å²) >= 11 is 0. The second-order valence-corrected chi connectivity index (χ2v) is 2.96. The lowest BCUT2D eigenvalue weighted by Gasteiger charge is -2.05. The quantitative estimate of drug-likeness (QED) is 0.689. The minimum atomic E-state index is -0.526. The van der Waals surface area contributed by atoms with Crippen molar-refractivity contribution in [1.29, 1.82) is 5.26 Å². The standard InChI is InChI=1S/C11H12FNO/c1-2-3-6-14-10-5-4-9(8-13)11(12)7-10/h4-5,7H,2-3,6H2,1H3. The van der Waals surface area contributed by atoms with E-state index in [9.17, 15) is 4.39 Å². The van der Waals surface area contributed by atoms with Crippen LogP contribution in [-0.2, 0) is 0 Å². The first-order valence-electron chi connectivity index (χ1n) is 4.60. The van der Waals surface area contributed by atoms with Gasteiger partial charge < -0.3 is 4.74 Å². The third-order valence-corrected chi connectivity index (χ3v) is 1.83. The Labute approximate surface area is 82.9 Å². The summed E-state index contributed by atoms with van der Waals surface area (Å²) in [6.45, 7) is 2.64. The third-order valence-electron chi connectivity index (χ3n) is 1.83. The fourth-order valence-electron chi connectivity index (χ4n) is 1.01. The van der Waals surface area contributed by atoms with Gasteiger partial charge in [0.05, 0.1) is 12.2 Å². The highest BCUT2D eigenvalue weighted by Gasteiger charge is 2.02. The van der Waals surface area contributed by atoms with Crippen LogP contribution < -0.4 is 4.74 Å². The molecule has 1 aromatic carbocycles. The Morgan fingerprint density at radius 1 is 1.50 bits per heavy atom. The van der Waals surface area contributed by atoms with Gasteiger partial charge in [-0.25, -0.2) is 4.39 Å². The van der Waals surface area contributed by atoms with Gasteiger partial charge in [-0.3, -0.25) is 0 Å². The topological polar surface area (TPSA) is 33.0 Å². The smallest absolute Gasteiger partial charge is 0.144 e. The second kappa shape index (κ2) is 5.23. The average molecular weight is 193 g/mol. The maximum Gasteiger partial charge on any atom is 0.144 e. The molecule has 14 heavy (non-hydrogen) atoms. The van der Waals surface area contributed by atoms with Crippen molar-refractivity contribution in [2.45, 2.75) is 19.8 Å². The Balaban J connectivity index is 2.63. The molecule has 0 aromatic heterocycles. The molecular formula is C11H12FNO. The molecule has 0 N–H and O–H groups in total. The summed E-state index contributed by atoms with van der Waals surface area (Å²) < 4.78 is 18.3. The van der Waals surface area contributed by atoms with Crippen LogP contribution in [0.2, 0.25) is 0 Å². The fourth-order valence-corrected chi connectivity index (χ4v) is 1.01. The molecule has 0 spiro atoms. The van der Waals surface area contributed by atoms with E-state index < -0.39 is 5.82 Å². The van der Waals surface area contributed by atoms with Gasteiger partial charge in [-0.1, -0.05) is 13.3 Å². The molecule has 0 saturated heterocycles. The first kappa shape index (κ1) is 10.5. The Hall–Kier alpha value is -1.56. The Kier molecular flexibility index (Phi) is 3.93. The summed E-state index contributed by atoms with van der Waals surface area (Å²) in [5, 5.41) is 8.49. The van der Waals surface area contributed by atoms with Gasteiger partial charge in [0.1, 0.15) is 17.6 Å². The van der Waals surface area contributed by atoms with Gasteiger partial charge >= 0.3 is 0 Å². The first-order valence-corrected chi connectivity index (χ1v) is 4.60. The van der Waals surface area contributed by atoms with Crippen LogP contribution in [0.3, 0.4) is 0 Å². The molecule has 0 aliphatic rings. The van der Waals surface area contributed by atoms with Crippen LogP contribution in [0.5, 0.6) is 5.75 Å². The third kappa shape index (κ3) is 2.74. The molecule has 0 heterocycles. The summed E-state index contributed by atoms with van der Waals surface area (Å²) in [5.41, 5.74) is 0.0489. The zero-order valence-electron chi connectivity index (χ0n) is 8.09. The molecule has 0 aliphatic heterocycles. The molecule has 0 bridgehead atoms. The van der Waals surface area contributed by atoms with Crippen molar-refractivity contribution in [1.82, 2.24) is 0 Å². The lowest BCUT2D eigenvalue weighted by molar-refractivity contribution is 0.308. The van der Waals surface area contributed by atoms with Gasteiger partial charge in [-0.2, -0.15) is 5.26 Å². The number of hydrogen-bond acceptors (Lipinski definition) is 2. The van der Waals surface area contributed by atoms with Crippen LogP contribution in [0.4, 0.5) is 4.39 Å². The molecule has 1 aromatic rings. The van der Waals surface area contributed by atoms with E-state index in [0.717, 1.165) is 12.8 Å². The molecule has 0 radical (unpaired) electrons. The lowest BCUT2D eigenvalue weighted by atomic mass is 10.2. The zero-order valence-corrected chi connectivity index (χ0v) is 8.09. The van der Waals surface area contributed by atoms with Gasteiger partial charge in [-0.05, 0) is 18.6 Å². The zero-order chi connectivity index (χ0) is 10.4. The molecule has 0 amide bonds. The van der Waals surface area contributed by atoms with E-state index in [0.29, 0.717) is 12.4 Å². The molecule has 0 unspecified atom stereocenters. The van der Waals surface area contributed by atoms with Crippen molar-refractivity contribution in [2.75, 3.05) is 6.61 Å². The van der Waals surface area contributed by atoms with E-state index in [1.54, 1.807) is 12.1 Å².